The van der Waals surface area contributed by atoms with Crippen LogP contribution in [0.4, 0.5) is 0 Å². The van der Waals surface area contributed by atoms with Crippen molar-refractivity contribution in [2.75, 3.05) is 14.2 Å². The van der Waals surface area contributed by atoms with Crippen molar-refractivity contribution in [3.8, 4) is 0 Å². The predicted molar refractivity (Wildman–Crippen MR) is 59.5 cm³/mol. The third-order valence-corrected chi connectivity index (χ3v) is 2.69. The molecule has 3 heteroatoms. The Labute approximate surface area is 90.4 Å². The quantitative estimate of drug-likeness (QED) is 0.763. The first kappa shape index (κ1) is 11.7. The van der Waals surface area contributed by atoms with Gasteiger partial charge in [-0.05, 0) is 19.5 Å². The van der Waals surface area contributed by atoms with Crippen molar-refractivity contribution in [2.24, 2.45) is 0 Å². The highest BCUT2D eigenvalue weighted by atomic mass is 16.5. The Hall–Kier alpha value is -1.35. The van der Waals surface area contributed by atoms with E-state index in [0.29, 0.717) is 6.42 Å². The maximum atomic E-state index is 11.3. The fraction of sp³-hybridized carbons (Fsp3) is 0.417. The van der Waals surface area contributed by atoms with Crippen LogP contribution in [0, 0.1) is 0 Å². The molecular formula is C12H17NO2. The van der Waals surface area contributed by atoms with Crippen LogP contribution in [0.5, 0.6) is 0 Å². The van der Waals surface area contributed by atoms with Crippen LogP contribution in [0.2, 0.25) is 0 Å². The molecule has 0 spiro atoms. The second-order valence-corrected chi connectivity index (χ2v) is 3.70. The molecule has 0 bridgehead atoms. The summed E-state index contributed by atoms with van der Waals surface area (Å²) in [6.07, 6.45) is 0.323. The van der Waals surface area contributed by atoms with Gasteiger partial charge in [0.15, 0.2) is 0 Å². The van der Waals surface area contributed by atoms with Gasteiger partial charge in [-0.25, -0.2) is 0 Å². The molecule has 1 N–H and O–H groups in total. The summed E-state index contributed by atoms with van der Waals surface area (Å²) in [7, 11) is 3.25. The molecule has 0 radical (unpaired) electrons. The number of hydrogen-bond acceptors (Lipinski definition) is 3. The molecule has 1 aromatic carbocycles. The molecule has 1 rings (SSSR count). The number of hydrogen-bond donors (Lipinski definition) is 1. The lowest BCUT2D eigenvalue weighted by Crippen LogP contribution is -2.39. The monoisotopic (exact) mass is 207 g/mol. The molecule has 15 heavy (non-hydrogen) atoms. The molecule has 1 atom stereocenters. The molecular weight excluding hydrogens is 190 g/mol. The van der Waals surface area contributed by atoms with Gasteiger partial charge in [0.1, 0.15) is 0 Å². The molecule has 1 unspecified atom stereocenters. The highest BCUT2D eigenvalue weighted by Gasteiger charge is 2.27. The number of benzene rings is 1. The molecule has 0 saturated carbocycles. The lowest BCUT2D eigenvalue weighted by Gasteiger charge is -2.28. The number of nitrogens with one attached hydrogen (secondary N) is 1. The van der Waals surface area contributed by atoms with Crippen LogP contribution >= 0.6 is 0 Å². The Balaban J connectivity index is 2.90. The van der Waals surface area contributed by atoms with Gasteiger partial charge in [0.25, 0.3) is 0 Å². The zero-order valence-corrected chi connectivity index (χ0v) is 9.41. The zero-order valence-electron chi connectivity index (χ0n) is 9.41. The van der Waals surface area contributed by atoms with Crippen molar-refractivity contribution in [2.45, 2.75) is 18.9 Å². The Kier molecular flexibility index (Phi) is 3.86. The number of carbonyl (C=O) groups excluding carboxylic acids is 1. The Morgan fingerprint density at radius 3 is 2.47 bits per heavy atom. The zero-order chi connectivity index (χ0) is 11.3. The van der Waals surface area contributed by atoms with E-state index in [9.17, 15) is 4.79 Å². The predicted octanol–water partition coefficient (Wildman–Crippen LogP) is 1.68. The van der Waals surface area contributed by atoms with Crippen molar-refractivity contribution >= 4 is 5.97 Å². The van der Waals surface area contributed by atoms with Gasteiger partial charge < -0.3 is 10.1 Å². The van der Waals surface area contributed by atoms with Crippen molar-refractivity contribution in [3.63, 3.8) is 0 Å². The molecule has 0 fully saturated rings. The number of rotatable bonds is 4. The maximum Gasteiger partial charge on any atom is 0.307 e. The third kappa shape index (κ3) is 2.80. The second-order valence-electron chi connectivity index (χ2n) is 3.70. The Morgan fingerprint density at radius 2 is 2.00 bits per heavy atom. The van der Waals surface area contributed by atoms with E-state index in [1.165, 1.54) is 7.11 Å². The van der Waals surface area contributed by atoms with E-state index < -0.39 is 0 Å². The summed E-state index contributed by atoms with van der Waals surface area (Å²) in [4.78, 5) is 11.3. The first-order chi connectivity index (χ1) is 7.12. The van der Waals surface area contributed by atoms with Gasteiger partial charge in [0.2, 0.25) is 0 Å². The van der Waals surface area contributed by atoms with Crippen molar-refractivity contribution in [3.05, 3.63) is 35.9 Å². The van der Waals surface area contributed by atoms with Crippen LogP contribution in [0.3, 0.4) is 0 Å². The average Bonchev–Trinajstić information content (AvgIpc) is 2.30. The van der Waals surface area contributed by atoms with Crippen LogP contribution in [0.25, 0.3) is 0 Å². The van der Waals surface area contributed by atoms with Crippen molar-refractivity contribution in [1.29, 1.82) is 0 Å². The number of carbonyl (C=O) groups is 1. The number of methoxy groups -OCH3 is 1. The largest absolute Gasteiger partial charge is 0.469 e. The second kappa shape index (κ2) is 4.94. The summed E-state index contributed by atoms with van der Waals surface area (Å²) in [6, 6.07) is 9.88. The van der Waals surface area contributed by atoms with Crippen molar-refractivity contribution in [1.82, 2.24) is 5.32 Å². The summed E-state index contributed by atoms with van der Waals surface area (Å²) < 4.78 is 4.69. The number of esters is 1. The van der Waals surface area contributed by atoms with Crippen molar-refractivity contribution < 1.29 is 9.53 Å². The first-order valence-electron chi connectivity index (χ1n) is 4.93. The summed E-state index contributed by atoms with van der Waals surface area (Å²) in [5.41, 5.74) is 0.715. The van der Waals surface area contributed by atoms with Crippen LogP contribution in [0.15, 0.2) is 30.3 Å². The van der Waals surface area contributed by atoms with E-state index in [1.807, 2.05) is 44.3 Å². The van der Waals surface area contributed by atoms with E-state index in [4.69, 9.17) is 4.74 Å². The summed E-state index contributed by atoms with van der Waals surface area (Å²) in [6.45, 7) is 1.99. The lowest BCUT2D eigenvalue weighted by molar-refractivity contribution is -0.142. The van der Waals surface area contributed by atoms with Gasteiger partial charge >= 0.3 is 5.97 Å². The first-order valence-corrected chi connectivity index (χ1v) is 4.93. The molecule has 0 aliphatic heterocycles. The standard InChI is InChI=1S/C12H17NO2/c1-12(13-2,9-11(14)15-3)10-7-5-4-6-8-10/h4-8,13H,9H2,1-3H3. The molecule has 0 aliphatic rings. The smallest absolute Gasteiger partial charge is 0.307 e. The molecule has 0 aliphatic carbocycles. The normalized spacial score (nSPS) is 14.3. The SMILES string of the molecule is CNC(C)(CC(=O)OC)c1ccccc1. The van der Waals surface area contributed by atoms with Gasteiger partial charge in [0, 0.05) is 0 Å². The Bertz CT molecular complexity index is 324. The molecule has 0 amide bonds. The molecule has 0 aromatic heterocycles. The van der Waals surface area contributed by atoms with Gasteiger partial charge in [-0.3, -0.25) is 4.79 Å². The van der Waals surface area contributed by atoms with E-state index >= 15 is 0 Å². The van der Waals surface area contributed by atoms with Gasteiger partial charge in [-0.15, -0.1) is 0 Å². The van der Waals surface area contributed by atoms with E-state index in [2.05, 4.69) is 5.32 Å². The molecule has 0 heterocycles. The molecule has 0 saturated heterocycles. The molecule has 1 aromatic rings. The summed E-state index contributed by atoms with van der Waals surface area (Å²) in [5, 5.41) is 3.16. The van der Waals surface area contributed by atoms with Gasteiger partial charge in [-0.2, -0.15) is 0 Å². The minimum absolute atomic E-state index is 0.212. The van der Waals surface area contributed by atoms with E-state index in [1.54, 1.807) is 0 Å². The minimum Gasteiger partial charge on any atom is -0.469 e. The van der Waals surface area contributed by atoms with E-state index in [-0.39, 0.29) is 11.5 Å². The Morgan fingerprint density at radius 1 is 1.40 bits per heavy atom. The highest BCUT2D eigenvalue weighted by molar-refractivity contribution is 5.71. The molecule has 3 nitrogen and oxygen atoms in total. The highest BCUT2D eigenvalue weighted by Crippen LogP contribution is 2.24. The van der Waals surface area contributed by atoms with Crippen LogP contribution in [-0.2, 0) is 15.1 Å². The fourth-order valence-electron chi connectivity index (χ4n) is 1.50. The van der Waals surface area contributed by atoms with Crippen LogP contribution < -0.4 is 5.32 Å². The molecule has 82 valence electrons. The van der Waals surface area contributed by atoms with E-state index in [0.717, 1.165) is 5.56 Å². The summed E-state index contributed by atoms with van der Waals surface area (Å²) in [5.74, 6) is -0.212. The fourth-order valence-corrected chi connectivity index (χ4v) is 1.50. The van der Waals surface area contributed by atoms with Gasteiger partial charge in [-0.1, -0.05) is 30.3 Å². The topological polar surface area (TPSA) is 38.3 Å². The maximum absolute atomic E-state index is 11.3. The number of ether oxygens (including phenoxy) is 1. The minimum atomic E-state index is -0.367. The average molecular weight is 207 g/mol. The van der Waals surface area contributed by atoms with Crippen LogP contribution in [0.1, 0.15) is 18.9 Å². The lowest BCUT2D eigenvalue weighted by atomic mass is 9.89. The van der Waals surface area contributed by atoms with Crippen LogP contribution in [-0.4, -0.2) is 20.1 Å². The van der Waals surface area contributed by atoms with Gasteiger partial charge in [0.05, 0.1) is 19.1 Å². The summed E-state index contributed by atoms with van der Waals surface area (Å²) >= 11 is 0. The third-order valence-electron chi connectivity index (χ3n) is 2.69.